The highest BCUT2D eigenvalue weighted by molar-refractivity contribution is 6.05. The molecule has 1 aromatic carbocycles. The molecule has 0 aliphatic heterocycles. The van der Waals surface area contributed by atoms with Crippen LogP contribution in [0.1, 0.15) is 45.8 Å². The van der Waals surface area contributed by atoms with Crippen LogP contribution >= 0.6 is 0 Å². The Bertz CT molecular complexity index is 1250. The fraction of sp³-hybridized carbons (Fsp3) is 0.227. The first-order valence-corrected chi connectivity index (χ1v) is 9.83. The van der Waals surface area contributed by atoms with Crippen molar-refractivity contribution in [2.75, 3.05) is 18.9 Å². The SMILES string of the molecule is CCOC(=O)c1c[nH]c(C=c2c(=O)[nH][nH]c2=CCc2ccc(N)cc2)c1C(=O)OCC. The van der Waals surface area contributed by atoms with E-state index >= 15 is 0 Å². The number of H-pyrrole nitrogens is 3. The Balaban J connectivity index is 2.07. The molecule has 0 spiro atoms. The molecular formula is C22H24N4O5. The van der Waals surface area contributed by atoms with E-state index in [1.165, 1.54) is 12.3 Å². The molecule has 0 fully saturated rings. The molecule has 0 radical (unpaired) electrons. The van der Waals surface area contributed by atoms with Gasteiger partial charge in [0.25, 0.3) is 5.56 Å². The minimum atomic E-state index is -0.683. The van der Waals surface area contributed by atoms with Crippen LogP contribution in [0.25, 0.3) is 12.2 Å². The van der Waals surface area contributed by atoms with Gasteiger partial charge in [-0.15, -0.1) is 0 Å². The molecule has 0 saturated carbocycles. The Kier molecular flexibility index (Phi) is 6.76. The van der Waals surface area contributed by atoms with Crippen LogP contribution in [0.4, 0.5) is 5.69 Å². The third-order valence-electron chi connectivity index (χ3n) is 4.54. The number of anilines is 1. The number of aromatic amines is 3. The molecular weight excluding hydrogens is 400 g/mol. The summed E-state index contributed by atoms with van der Waals surface area (Å²) in [6, 6.07) is 7.40. The summed E-state index contributed by atoms with van der Waals surface area (Å²) in [5.41, 5.74) is 7.36. The van der Waals surface area contributed by atoms with Crippen molar-refractivity contribution in [3.63, 3.8) is 0 Å². The van der Waals surface area contributed by atoms with Crippen molar-refractivity contribution in [2.24, 2.45) is 0 Å². The maximum absolute atomic E-state index is 12.5. The molecule has 162 valence electrons. The number of hydrogen-bond acceptors (Lipinski definition) is 6. The van der Waals surface area contributed by atoms with Crippen molar-refractivity contribution >= 4 is 29.8 Å². The molecule has 9 heteroatoms. The van der Waals surface area contributed by atoms with Crippen molar-refractivity contribution in [3.8, 4) is 0 Å². The number of benzene rings is 1. The summed E-state index contributed by atoms with van der Waals surface area (Å²) in [4.78, 5) is 40.0. The summed E-state index contributed by atoms with van der Waals surface area (Å²) in [7, 11) is 0. The Labute approximate surface area is 177 Å². The van der Waals surface area contributed by atoms with Crippen molar-refractivity contribution in [2.45, 2.75) is 20.3 Å². The first-order chi connectivity index (χ1) is 14.9. The molecule has 0 unspecified atom stereocenters. The second-order valence-electron chi connectivity index (χ2n) is 6.63. The summed E-state index contributed by atoms with van der Waals surface area (Å²) >= 11 is 0. The second-order valence-corrected chi connectivity index (χ2v) is 6.63. The average molecular weight is 424 g/mol. The normalized spacial score (nSPS) is 12.2. The van der Waals surface area contributed by atoms with Crippen molar-refractivity contribution in [1.82, 2.24) is 15.2 Å². The minimum Gasteiger partial charge on any atom is -0.462 e. The predicted octanol–water partition coefficient (Wildman–Crippen LogP) is 0.819. The number of nitrogens with one attached hydrogen (secondary N) is 3. The minimum absolute atomic E-state index is 0.0189. The van der Waals surface area contributed by atoms with Gasteiger partial charge < -0.3 is 20.2 Å². The fourth-order valence-electron chi connectivity index (χ4n) is 3.05. The van der Waals surface area contributed by atoms with E-state index in [1.807, 2.05) is 18.2 Å². The molecule has 0 bridgehead atoms. The number of hydrogen-bond donors (Lipinski definition) is 4. The molecule has 5 N–H and O–H groups in total. The van der Waals surface area contributed by atoms with Gasteiger partial charge in [0.15, 0.2) is 0 Å². The molecule has 0 saturated heterocycles. The van der Waals surface area contributed by atoms with Gasteiger partial charge in [0.05, 0.1) is 40.6 Å². The lowest BCUT2D eigenvalue weighted by Crippen LogP contribution is -2.33. The molecule has 2 heterocycles. The summed E-state index contributed by atoms with van der Waals surface area (Å²) in [5.74, 6) is -1.34. The van der Waals surface area contributed by atoms with Crippen LogP contribution in [-0.4, -0.2) is 40.3 Å². The summed E-state index contributed by atoms with van der Waals surface area (Å²) < 4.78 is 10.1. The van der Waals surface area contributed by atoms with E-state index in [-0.39, 0.29) is 35.6 Å². The summed E-state index contributed by atoms with van der Waals surface area (Å²) in [5, 5.41) is 6.22. The molecule has 0 aliphatic rings. The third-order valence-corrected chi connectivity index (χ3v) is 4.54. The molecule has 2 aromatic heterocycles. The molecule has 3 rings (SSSR count). The number of nitrogen functional groups attached to an aromatic ring is 1. The van der Waals surface area contributed by atoms with Gasteiger partial charge in [-0.3, -0.25) is 15.0 Å². The van der Waals surface area contributed by atoms with E-state index in [0.29, 0.717) is 22.7 Å². The molecule has 0 aliphatic carbocycles. The number of rotatable bonds is 7. The average Bonchev–Trinajstić information content (AvgIpc) is 3.32. The van der Waals surface area contributed by atoms with Crippen LogP contribution in [-0.2, 0) is 15.9 Å². The largest absolute Gasteiger partial charge is 0.462 e. The first-order valence-electron chi connectivity index (χ1n) is 9.83. The number of carbonyl (C=O) groups excluding carboxylic acids is 2. The van der Waals surface area contributed by atoms with Gasteiger partial charge in [0.1, 0.15) is 0 Å². The predicted molar refractivity (Wildman–Crippen MR) is 116 cm³/mol. The van der Waals surface area contributed by atoms with E-state index < -0.39 is 11.9 Å². The van der Waals surface area contributed by atoms with E-state index in [0.717, 1.165) is 5.56 Å². The lowest BCUT2D eigenvalue weighted by molar-refractivity contribution is 0.0480. The molecule has 9 nitrogen and oxygen atoms in total. The number of ether oxygens (including phenoxy) is 2. The smallest absolute Gasteiger partial charge is 0.341 e. The molecule has 0 atom stereocenters. The van der Waals surface area contributed by atoms with E-state index in [1.54, 1.807) is 26.0 Å². The van der Waals surface area contributed by atoms with Crippen molar-refractivity contribution < 1.29 is 19.1 Å². The van der Waals surface area contributed by atoms with Gasteiger partial charge in [0.2, 0.25) is 0 Å². The molecule has 31 heavy (non-hydrogen) atoms. The Hall–Kier alpha value is -4.01. The topological polar surface area (TPSA) is 143 Å². The highest BCUT2D eigenvalue weighted by atomic mass is 16.5. The van der Waals surface area contributed by atoms with Gasteiger partial charge in [-0.1, -0.05) is 18.2 Å². The van der Waals surface area contributed by atoms with Crippen LogP contribution < -0.4 is 21.9 Å². The number of esters is 2. The zero-order chi connectivity index (χ0) is 22.4. The Morgan fingerprint density at radius 2 is 1.71 bits per heavy atom. The van der Waals surface area contributed by atoms with Crippen LogP contribution in [0, 0.1) is 0 Å². The third kappa shape index (κ3) is 4.95. The Morgan fingerprint density at radius 3 is 2.39 bits per heavy atom. The maximum atomic E-state index is 12.5. The zero-order valence-corrected chi connectivity index (χ0v) is 17.3. The maximum Gasteiger partial charge on any atom is 0.341 e. The first kappa shape index (κ1) is 21.7. The summed E-state index contributed by atoms with van der Waals surface area (Å²) in [6.07, 6.45) is 5.26. The van der Waals surface area contributed by atoms with Crippen LogP contribution in [0.15, 0.2) is 35.3 Å². The highest BCUT2D eigenvalue weighted by Crippen LogP contribution is 2.17. The quantitative estimate of drug-likeness (QED) is 0.327. The van der Waals surface area contributed by atoms with Gasteiger partial charge in [-0.05, 0) is 44.0 Å². The lowest BCUT2D eigenvalue weighted by Gasteiger charge is -2.05. The summed E-state index contributed by atoms with van der Waals surface area (Å²) in [6.45, 7) is 3.63. The van der Waals surface area contributed by atoms with E-state index in [4.69, 9.17) is 15.2 Å². The molecule has 0 amide bonds. The fourth-order valence-corrected chi connectivity index (χ4v) is 3.05. The highest BCUT2D eigenvalue weighted by Gasteiger charge is 2.24. The van der Waals surface area contributed by atoms with Crippen molar-refractivity contribution in [1.29, 1.82) is 0 Å². The zero-order valence-electron chi connectivity index (χ0n) is 17.3. The lowest BCUT2D eigenvalue weighted by atomic mass is 10.1. The van der Waals surface area contributed by atoms with Crippen LogP contribution in [0.2, 0.25) is 0 Å². The number of aromatic nitrogens is 3. The van der Waals surface area contributed by atoms with Gasteiger partial charge in [-0.2, -0.15) is 0 Å². The Morgan fingerprint density at radius 1 is 1.03 bits per heavy atom. The van der Waals surface area contributed by atoms with Gasteiger partial charge in [-0.25, -0.2) is 9.59 Å². The number of carbonyl (C=O) groups is 2. The van der Waals surface area contributed by atoms with E-state index in [2.05, 4.69) is 15.2 Å². The standard InChI is InChI=1S/C22H24N4O5/c1-3-30-21(28)16-12-24-18(19(16)22(29)31-4-2)11-15-17(25-26-20(15)27)10-7-13-5-8-14(23)9-6-13/h5-6,8-12,24-25H,3-4,7,23H2,1-2H3,(H,26,27). The monoisotopic (exact) mass is 424 g/mol. The van der Waals surface area contributed by atoms with Crippen molar-refractivity contribution in [3.05, 3.63) is 73.8 Å². The second kappa shape index (κ2) is 9.66. The van der Waals surface area contributed by atoms with E-state index in [9.17, 15) is 14.4 Å². The molecule has 3 aromatic rings. The van der Waals surface area contributed by atoms with Gasteiger partial charge in [0, 0.05) is 11.9 Å². The van der Waals surface area contributed by atoms with Crippen LogP contribution in [0.3, 0.4) is 0 Å². The van der Waals surface area contributed by atoms with Gasteiger partial charge >= 0.3 is 11.9 Å². The van der Waals surface area contributed by atoms with Crippen LogP contribution in [0.5, 0.6) is 0 Å². The number of nitrogens with two attached hydrogens (primary N) is 1.